The first kappa shape index (κ1) is 16.2. The number of thioether (sulfide) groups is 1. The molecule has 0 unspecified atom stereocenters. The van der Waals surface area contributed by atoms with Crippen molar-refractivity contribution in [3.63, 3.8) is 0 Å². The lowest BCUT2D eigenvalue weighted by atomic mass is 10.1. The second-order valence-electron chi connectivity index (χ2n) is 5.83. The predicted molar refractivity (Wildman–Crippen MR) is 106 cm³/mol. The highest BCUT2D eigenvalue weighted by atomic mass is 32.2. The third-order valence-electron chi connectivity index (χ3n) is 4.12. The topological polar surface area (TPSA) is 72.7 Å². The van der Waals surface area contributed by atoms with E-state index in [1.807, 2.05) is 42.5 Å². The monoisotopic (exact) mass is 357 g/mol. The number of fused-ring (bicyclic) bond motifs is 2. The number of nitriles is 1. The second-order valence-corrected chi connectivity index (χ2v) is 6.88. The third kappa shape index (κ3) is 3.15. The molecule has 0 spiro atoms. The number of hydrogen-bond donors (Lipinski definition) is 2. The molecule has 0 saturated heterocycles. The zero-order valence-electron chi connectivity index (χ0n) is 13.8. The quantitative estimate of drug-likeness (QED) is 0.295. The summed E-state index contributed by atoms with van der Waals surface area (Å²) in [5.41, 5.74) is 1.78. The summed E-state index contributed by atoms with van der Waals surface area (Å²) in [5, 5.41) is 22.2. The SMILES string of the molecule is N#C/C(=C(/O)CSc1ccc2ccccc2c1)c1nc2ccccc2[nH]1. The van der Waals surface area contributed by atoms with E-state index in [0.29, 0.717) is 11.6 Å². The molecule has 5 heteroatoms. The molecule has 0 atom stereocenters. The Labute approximate surface area is 154 Å². The number of para-hydroxylation sites is 2. The summed E-state index contributed by atoms with van der Waals surface area (Å²) in [6, 6.07) is 23.9. The largest absolute Gasteiger partial charge is 0.510 e. The van der Waals surface area contributed by atoms with Crippen LogP contribution in [0.3, 0.4) is 0 Å². The zero-order valence-corrected chi connectivity index (χ0v) is 14.6. The number of benzene rings is 3. The molecular weight excluding hydrogens is 342 g/mol. The minimum absolute atomic E-state index is 0.0183. The average Bonchev–Trinajstić information content (AvgIpc) is 3.10. The first-order valence-corrected chi connectivity index (χ1v) is 9.12. The molecule has 3 aromatic carbocycles. The summed E-state index contributed by atoms with van der Waals surface area (Å²) in [6.07, 6.45) is 0. The lowest BCUT2D eigenvalue weighted by Gasteiger charge is -2.05. The Morgan fingerprint density at radius 1 is 1.04 bits per heavy atom. The molecule has 4 nitrogen and oxygen atoms in total. The minimum atomic E-state index is 0.0183. The Balaban J connectivity index is 1.59. The molecule has 2 N–H and O–H groups in total. The second kappa shape index (κ2) is 6.95. The molecule has 1 heterocycles. The molecule has 0 aliphatic carbocycles. The predicted octanol–water partition coefficient (Wildman–Crippen LogP) is 5.30. The van der Waals surface area contributed by atoms with Gasteiger partial charge in [0.15, 0.2) is 5.82 Å². The van der Waals surface area contributed by atoms with E-state index < -0.39 is 0 Å². The average molecular weight is 357 g/mol. The van der Waals surface area contributed by atoms with Crippen molar-refractivity contribution >= 4 is 39.1 Å². The molecule has 4 aromatic rings. The molecule has 0 amide bonds. The van der Waals surface area contributed by atoms with Crippen LogP contribution in [0.25, 0.3) is 27.4 Å². The van der Waals surface area contributed by atoms with E-state index in [2.05, 4.69) is 40.3 Å². The van der Waals surface area contributed by atoms with Crippen molar-refractivity contribution in [2.24, 2.45) is 0 Å². The lowest BCUT2D eigenvalue weighted by molar-refractivity contribution is 0.420. The Hall–Kier alpha value is -3.23. The summed E-state index contributed by atoms with van der Waals surface area (Å²) in [5.74, 6) is 0.716. The van der Waals surface area contributed by atoms with E-state index in [9.17, 15) is 10.4 Å². The molecule has 1 aromatic heterocycles. The van der Waals surface area contributed by atoms with Crippen molar-refractivity contribution in [3.8, 4) is 6.07 Å². The number of aliphatic hydroxyl groups is 1. The Bertz CT molecular complexity index is 1140. The molecular formula is C21H15N3OS. The van der Waals surface area contributed by atoms with Gasteiger partial charge in [0.25, 0.3) is 0 Å². The van der Waals surface area contributed by atoms with Crippen molar-refractivity contribution in [1.82, 2.24) is 9.97 Å². The standard InChI is InChI=1S/C21H15N3OS/c22-12-17(21-23-18-7-3-4-8-19(18)24-21)20(25)13-26-16-10-9-14-5-1-2-6-15(14)11-16/h1-11,25H,13H2,(H,23,24)/b20-17-. The molecule has 0 fully saturated rings. The van der Waals surface area contributed by atoms with Gasteiger partial charge in [-0.15, -0.1) is 11.8 Å². The summed E-state index contributed by atoms with van der Waals surface area (Å²) >= 11 is 1.49. The summed E-state index contributed by atoms with van der Waals surface area (Å²) in [7, 11) is 0. The van der Waals surface area contributed by atoms with Crippen LogP contribution in [0, 0.1) is 11.3 Å². The van der Waals surface area contributed by atoms with Gasteiger partial charge in [-0.3, -0.25) is 0 Å². The fourth-order valence-electron chi connectivity index (χ4n) is 2.81. The van der Waals surface area contributed by atoms with Crippen LogP contribution in [0.4, 0.5) is 0 Å². The number of aromatic amines is 1. The van der Waals surface area contributed by atoms with Gasteiger partial charge in [0.1, 0.15) is 17.4 Å². The molecule has 0 radical (unpaired) electrons. The highest BCUT2D eigenvalue weighted by molar-refractivity contribution is 7.99. The van der Waals surface area contributed by atoms with Gasteiger partial charge in [-0.2, -0.15) is 5.26 Å². The van der Waals surface area contributed by atoms with Gasteiger partial charge in [-0.25, -0.2) is 4.98 Å². The fraction of sp³-hybridized carbons (Fsp3) is 0.0476. The van der Waals surface area contributed by atoms with Crippen LogP contribution < -0.4 is 0 Å². The highest BCUT2D eigenvalue weighted by Gasteiger charge is 2.13. The highest BCUT2D eigenvalue weighted by Crippen LogP contribution is 2.27. The van der Waals surface area contributed by atoms with E-state index in [1.54, 1.807) is 0 Å². The Morgan fingerprint density at radius 2 is 1.81 bits per heavy atom. The smallest absolute Gasteiger partial charge is 0.152 e. The maximum absolute atomic E-state index is 10.4. The van der Waals surface area contributed by atoms with E-state index in [-0.39, 0.29) is 11.3 Å². The summed E-state index contributed by atoms with van der Waals surface area (Å²) in [6.45, 7) is 0. The van der Waals surface area contributed by atoms with Crippen LogP contribution in [0.15, 0.2) is 77.4 Å². The van der Waals surface area contributed by atoms with Gasteiger partial charge in [-0.1, -0.05) is 42.5 Å². The molecule has 4 rings (SSSR count). The summed E-state index contributed by atoms with van der Waals surface area (Å²) in [4.78, 5) is 8.52. The van der Waals surface area contributed by atoms with Gasteiger partial charge in [0, 0.05) is 4.90 Å². The van der Waals surface area contributed by atoms with Crippen LogP contribution in [0.2, 0.25) is 0 Å². The molecule has 0 bridgehead atoms. The number of nitrogens with zero attached hydrogens (tertiary/aromatic N) is 2. The van der Waals surface area contributed by atoms with Gasteiger partial charge >= 0.3 is 0 Å². The lowest BCUT2D eigenvalue weighted by Crippen LogP contribution is -1.95. The maximum atomic E-state index is 10.4. The van der Waals surface area contributed by atoms with Crippen molar-refractivity contribution in [2.75, 3.05) is 5.75 Å². The molecule has 0 saturated carbocycles. The fourth-order valence-corrected chi connectivity index (χ4v) is 3.63. The first-order valence-electron chi connectivity index (χ1n) is 8.13. The summed E-state index contributed by atoms with van der Waals surface area (Å²) < 4.78 is 0. The third-order valence-corrected chi connectivity index (χ3v) is 5.13. The number of imidazole rings is 1. The normalized spacial score (nSPS) is 12.1. The number of aromatic nitrogens is 2. The van der Waals surface area contributed by atoms with Crippen molar-refractivity contribution < 1.29 is 5.11 Å². The van der Waals surface area contributed by atoms with E-state index in [1.165, 1.54) is 17.1 Å². The van der Waals surface area contributed by atoms with Crippen LogP contribution >= 0.6 is 11.8 Å². The van der Waals surface area contributed by atoms with Gasteiger partial charge in [0.05, 0.1) is 16.8 Å². The van der Waals surface area contributed by atoms with Gasteiger partial charge in [0.2, 0.25) is 0 Å². The van der Waals surface area contributed by atoms with E-state index >= 15 is 0 Å². The number of aliphatic hydroxyl groups excluding tert-OH is 1. The van der Waals surface area contributed by atoms with Crippen molar-refractivity contribution in [1.29, 1.82) is 5.26 Å². The first-order chi connectivity index (χ1) is 12.7. The molecule has 0 aliphatic rings. The Kier molecular flexibility index (Phi) is 4.34. The van der Waals surface area contributed by atoms with E-state index in [0.717, 1.165) is 21.3 Å². The molecule has 0 aliphatic heterocycles. The van der Waals surface area contributed by atoms with E-state index in [4.69, 9.17) is 0 Å². The zero-order chi connectivity index (χ0) is 17.9. The molecule has 126 valence electrons. The van der Waals surface area contributed by atoms with Crippen LogP contribution in [-0.4, -0.2) is 20.8 Å². The maximum Gasteiger partial charge on any atom is 0.152 e. The number of allylic oxidation sites excluding steroid dienone is 1. The molecule has 26 heavy (non-hydrogen) atoms. The van der Waals surface area contributed by atoms with Gasteiger partial charge < -0.3 is 10.1 Å². The van der Waals surface area contributed by atoms with Crippen LogP contribution in [0.5, 0.6) is 0 Å². The minimum Gasteiger partial charge on any atom is -0.510 e. The number of hydrogen-bond acceptors (Lipinski definition) is 4. The van der Waals surface area contributed by atoms with Crippen molar-refractivity contribution in [3.05, 3.63) is 78.3 Å². The van der Waals surface area contributed by atoms with Crippen molar-refractivity contribution in [2.45, 2.75) is 4.90 Å². The van der Waals surface area contributed by atoms with Crippen LogP contribution in [0.1, 0.15) is 5.82 Å². The van der Waals surface area contributed by atoms with Crippen LogP contribution in [-0.2, 0) is 0 Å². The van der Waals surface area contributed by atoms with Gasteiger partial charge in [-0.05, 0) is 35.0 Å². The number of H-pyrrole nitrogens is 1. The number of nitrogens with one attached hydrogen (secondary N) is 1. The Morgan fingerprint density at radius 3 is 2.62 bits per heavy atom. The number of rotatable bonds is 4.